The van der Waals surface area contributed by atoms with Crippen molar-refractivity contribution in [3.05, 3.63) is 11.1 Å². The van der Waals surface area contributed by atoms with Gasteiger partial charge in [0.1, 0.15) is 13.2 Å². The smallest absolute Gasteiger partial charge is 0.335 e. The number of hydrogen-bond donors (Lipinski definition) is 1. The van der Waals surface area contributed by atoms with E-state index >= 15 is 0 Å². The van der Waals surface area contributed by atoms with Crippen LogP contribution in [-0.2, 0) is 23.9 Å². The molecule has 0 saturated heterocycles. The van der Waals surface area contributed by atoms with Gasteiger partial charge in [-0.3, -0.25) is 4.79 Å². The summed E-state index contributed by atoms with van der Waals surface area (Å²) in [6.45, 7) is 3.64. The van der Waals surface area contributed by atoms with Crippen LogP contribution in [0.5, 0.6) is 0 Å². The summed E-state index contributed by atoms with van der Waals surface area (Å²) in [5, 5.41) is 9.43. The van der Waals surface area contributed by atoms with E-state index in [0.29, 0.717) is 23.8 Å². The van der Waals surface area contributed by atoms with Gasteiger partial charge < -0.3 is 14.6 Å². The molecule has 0 aromatic heterocycles. The van der Waals surface area contributed by atoms with Crippen molar-refractivity contribution in [2.75, 3.05) is 13.2 Å². The van der Waals surface area contributed by atoms with E-state index in [9.17, 15) is 19.5 Å². The fourth-order valence-corrected chi connectivity index (χ4v) is 4.55. The first-order valence-electron chi connectivity index (χ1n) is 8.76. The first-order valence-corrected chi connectivity index (χ1v) is 8.76. The monoisotopic (exact) mass is 336 g/mol. The lowest BCUT2D eigenvalue weighted by Gasteiger charge is -2.41. The van der Waals surface area contributed by atoms with Crippen molar-refractivity contribution in [3.8, 4) is 0 Å². The van der Waals surface area contributed by atoms with Gasteiger partial charge in [0.2, 0.25) is 0 Å². The van der Waals surface area contributed by atoms with Crippen LogP contribution in [-0.4, -0.2) is 36.2 Å². The quantitative estimate of drug-likeness (QED) is 0.566. The highest BCUT2D eigenvalue weighted by atomic mass is 16.6. The van der Waals surface area contributed by atoms with Crippen LogP contribution in [0.1, 0.15) is 39.5 Å². The van der Waals surface area contributed by atoms with Gasteiger partial charge in [0, 0.05) is 11.8 Å². The first kappa shape index (κ1) is 17.0. The molecule has 0 heterocycles. The van der Waals surface area contributed by atoms with Crippen molar-refractivity contribution in [2.24, 2.45) is 29.6 Å². The molecule has 132 valence electrons. The molecule has 6 nitrogen and oxygen atoms in total. The van der Waals surface area contributed by atoms with Gasteiger partial charge in [-0.1, -0.05) is 13.8 Å². The third kappa shape index (κ3) is 2.72. The average molecular weight is 336 g/mol. The molecule has 1 N–H and O–H groups in total. The Balaban J connectivity index is 1.56. The summed E-state index contributed by atoms with van der Waals surface area (Å²) >= 11 is 0. The van der Waals surface area contributed by atoms with E-state index in [1.807, 2.05) is 6.92 Å². The molecular weight excluding hydrogens is 312 g/mol. The van der Waals surface area contributed by atoms with Crippen LogP contribution in [0, 0.1) is 29.6 Å². The summed E-state index contributed by atoms with van der Waals surface area (Å²) in [5.41, 5.74) is 0.613. The number of hydrogen-bond acceptors (Lipinski definition) is 5. The van der Waals surface area contributed by atoms with Gasteiger partial charge in [0.15, 0.2) is 0 Å². The fourth-order valence-electron chi connectivity index (χ4n) is 4.55. The van der Waals surface area contributed by atoms with Crippen LogP contribution < -0.4 is 0 Å². The van der Waals surface area contributed by atoms with Crippen molar-refractivity contribution in [3.63, 3.8) is 0 Å². The lowest BCUT2D eigenvalue weighted by molar-refractivity contribution is -0.154. The van der Waals surface area contributed by atoms with Gasteiger partial charge in [-0.25, -0.2) is 9.59 Å². The summed E-state index contributed by atoms with van der Waals surface area (Å²) < 4.78 is 10.2. The normalized spacial score (nSPS) is 31.2. The number of fused-ring (bicyclic) bond motifs is 5. The van der Waals surface area contributed by atoms with Crippen LogP contribution in [0.2, 0.25) is 0 Å². The molecule has 0 aromatic carbocycles. The van der Waals surface area contributed by atoms with Crippen LogP contribution >= 0.6 is 0 Å². The number of rotatable bonds is 7. The summed E-state index contributed by atoms with van der Waals surface area (Å²) in [6, 6.07) is 0. The third-order valence-electron chi connectivity index (χ3n) is 5.90. The average Bonchev–Trinajstić information content (AvgIpc) is 3.07. The maximum atomic E-state index is 12.3. The minimum absolute atomic E-state index is 0.00471. The van der Waals surface area contributed by atoms with E-state index in [-0.39, 0.29) is 42.5 Å². The van der Waals surface area contributed by atoms with E-state index in [1.165, 1.54) is 0 Å². The predicted molar refractivity (Wildman–Crippen MR) is 83.8 cm³/mol. The zero-order chi connectivity index (χ0) is 17.4. The molecule has 5 unspecified atom stereocenters. The second-order valence-corrected chi connectivity index (χ2v) is 7.13. The highest BCUT2D eigenvalue weighted by molar-refractivity contribution is 6.04. The van der Waals surface area contributed by atoms with Crippen molar-refractivity contribution >= 4 is 17.9 Å². The molecule has 0 aromatic rings. The number of carboxylic acids is 1. The van der Waals surface area contributed by atoms with Crippen LogP contribution in [0.3, 0.4) is 0 Å². The summed E-state index contributed by atoms with van der Waals surface area (Å²) in [4.78, 5) is 35.4. The zero-order valence-corrected chi connectivity index (χ0v) is 14.1. The second-order valence-electron chi connectivity index (χ2n) is 7.13. The Kier molecular flexibility index (Phi) is 4.65. The van der Waals surface area contributed by atoms with Gasteiger partial charge in [0.25, 0.3) is 0 Å². The third-order valence-corrected chi connectivity index (χ3v) is 5.90. The minimum atomic E-state index is -1.00. The lowest BCUT2D eigenvalue weighted by atomic mass is 9.61. The maximum absolute atomic E-state index is 12.3. The van der Waals surface area contributed by atoms with Crippen molar-refractivity contribution in [1.82, 2.24) is 0 Å². The molecular formula is C18H24O6. The number of carboxylic acid groups (broad SMARTS) is 1. The number of ether oxygens (including phenoxy) is 2. The molecule has 3 aliphatic carbocycles. The molecule has 0 spiro atoms. The van der Waals surface area contributed by atoms with E-state index in [4.69, 9.17) is 9.47 Å². The van der Waals surface area contributed by atoms with Crippen molar-refractivity contribution in [1.29, 1.82) is 0 Å². The number of aliphatic carboxylic acids is 1. The SMILES string of the molecule is CCC(C)C(=O)OCCOC(=O)C1=C(C(=O)O)C2C3CCC(C3)C12. The number of carbonyl (C=O) groups is 3. The van der Waals surface area contributed by atoms with Crippen molar-refractivity contribution < 1.29 is 29.0 Å². The van der Waals surface area contributed by atoms with E-state index in [2.05, 4.69) is 0 Å². The zero-order valence-electron chi connectivity index (χ0n) is 14.1. The minimum Gasteiger partial charge on any atom is -0.478 e. The Morgan fingerprint density at radius 2 is 1.67 bits per heavy atom. The second kappa shape index (κ2) is 6.57. The molecule has 3 aliphatic rings. The molecule has 3 rings (SSSR count). The predicted octanol–water partition coefficient (Wildman–Crippen LogP) is 2.18. The van der Waals surface area contributed by atoms with Gasteiger partial charge >= 0.3 is 17.9 Å². The van der Waals surface area contributed by atoms with Gasteiger partial charge in [-0.15, -0.1) is 0 Å². The Labute approximate surface area is 141 Å². The molecule has 0 radical (unpaired) electrons. The topological polar surface area (TPSA) is 89.9 Å². The number of carbonyl (C=O) groups excluding carboxylic acids is 2. The molecule has 2 saturated carbocycles. The molecule has 2 fully saturated rings. The van der Waals surface area contributed by atoms with E-state index < -0.39 is 11.9 Å². The van der Waals surface area contributed by atoms with Gasteiger partial charge in [-0.05, 0) is 37.5 Å². The Hall–Kier alpha value is -1.85. The molecule has 0 aliphatic heterocycles. The largest absolute Gasteiger partial charge is 0.478 e. The van der Waals surface area contributed by atoms with E-state index in [1.54, 1.807) is 6.92 Å². The standard InChI is InChI=1S/C18H24O6/c1-3-9(2)17(21)23-6-7-24-18(22)15-13-11-5-4-10(8-11)12(13)14(15)16(19)20/h9-13H,3-8H2,1-2H3,(H,19,20). The summed E-state index contributed by atoms with van der Waals surface area (Å²) in [5.74, 6) is -1.11. The Bertz CT molecular complexity index is 592. The Morgan fingerprint density at radius 1 is 1.08 bits per heavy atom. The van der Waals surface area contributed by atoms with Gasteiger partial charge in [0.05, 0.1) is 17.1 Å². The summed E-state index contributed by atoms with van der Waals surface area (Å²) in [6.07, 6.45) is 3.85. The molecule has 0 amide bonds. The van der Waals surface area contributed by atoms with Gasteiger partial charge in [-0.2, -0.15) is 0 Å². The summed E-state index contributed by atoms with van der Waals surface area (Å²) in [7, 11) is 0. The van der Waals surface area contributed by atoms with Crippen LogP contribution in [0.4, 0.5) is 0 Å². The molecule has 24 heavy (non-hydrogen) atoms. The number of esters is 2. The van der Waals surface area contributed by atoms with Crippen molar-refractivity contribution in [2.45, 2.75) is 39.5 Å². The molecule has 6 heteroatoms. The highest BCUT2D eigenvalue weighted by Gasteiger charge is 2.60. The lowest BCUT2D eigenvalue weighted by Crippen LogP contribution is -2.42. The molecule has 5 atom stereocenters. The highest BCUT2D eigenvalue weighted by Crippen LogP contribution is 2.63. The molecule has 2 bridgehead atoms. The fraction of sp³-hybridized carbons (Fsp3) is 0.722. The van der Waals surface area contributed by atoms with Crippen LogP contribution in [0.25, 0.3) is 0 Å². The maximum Gasteiger partial charge on any atom is 0.335 e. The van der Waals surface area contributed by atoms with E-state index in [0.717, 1.165) is 19.3 Å². The first-order chi connectivity index (χ1) is 11.5. The van der Waals surface area contributed by atoms with Crippen LogP contribution in [0.15, 0.2) is 11.1 Å². The Morgan fingerprint density at radius 3 is 2.25 bits per heavy atom.